The number of nitrogens with zero attached hydrogens (tertiary/aromatic N) is 2. The number of nitrogens with one attached hydrogen (secondary N) is 2. The van der Waals surface area contributed by atoms with Crippen molar-refractivity contribution in [1.29, 1.82) is 0 Å². The Kier molecular flexibility index (Phi) is 5.04. The molecule has 0 bridgehead atoms. The molecule has 0 atom stereocenters. The first kappa shape index (κ1) is 18.2. The first-order chi connectivity index (χ1) is 13.1. The van der Waals surface area contributed by atoms with Crippen molar-refractivity contribution in [3.8, 4) is 0 Å². The maximum absolute atomic E-state index is 12.8. The quantitative estimate of drug-likeness (QED) is 0.697. The van der Waals surface area contributed by atoms with Gasteiger partial charge in [-0.05, 0) is 30.3 Å². The van der Waals surface area contributed by atoms with Crippen molar-refractivity contribution in [1.82, 2.24) is 15.2 Å². The lowest BCUT2D eigenvalue weighted by atomic mass is 10.0. The molecular weight excluding hydrogens is 380 g/mol. The van der Waals surface area contributed by atoms with Gasteiger partial charge < -0.3 is 15.5 Å². The van der Waals surface area contributed by atoms with E-state index in [1.807, 2.05) is 31.3 Å². The third-order valence-electron chi connectivity index (χ3n) is 4.88. The molecule has 5 nitrogen and oxygen atoms in total. The predicted molar refractivity (Wildman–Crippen MR) is 112 cm³/mol. The third kappa shape index (κ3) is 3.52. The molecular formula is C20H21ClN4OS. The Labute approximate surface area is 167 Å². The molecule has 0 fully saturated rings. The van der Waals surface area contributed by atoms with Crippen molar-refractivity contribution in [3.05, 3.63) is 57.1 Å². The van der Waals surface area contributed by atoms with E-state index in [4.69, 9.17) is 16.6 Å². The third-order valence-corrected chi connectivity index (χ3v) is 6.34. The molecule has 2 aromatic heterocycles. The summed E-state index contributed by atoms with van der Waals surface area (Å²) in [7, 11) is 3.96. The number of benzene rings is 1. The second-order valence-corrected chi connectivity index (χ2v) is 8.17. The van der Waals surface area contributed by atoms with Crippen LogP contribution < -0.4 is 10.6 Å². The van der Waals surface area contributed by atoms with Crippen LogP contribution in [0.25, 0.3) is 10.2 Å². The first-order valence-corrected chi connectivity index (χ1v) is 10.1. The number of anilines is 1. The van der Waals surface area contributed by atoms with Crippen LogP contribution in [0, 0.1) is 0 Å². The van der Waals surface area contributed by atoms with Crippen molar-refractivity contribution in [2.24, 2.45) is 0 Å². The van der Waals surface area contributed by atoms with Crippen molar-refractivity contribution in [3.63, 3.8) is 0 Å². The number of halogens is 1. The van der Waals surface area contributed by atoms with E-state index in [9.17, 15) is 4.79 Å². The fourth-order valence-electron chi connectivity index (χ4n) is 3.43. The van der Waals surface area contributed by atoms with Crippen LogP contribution in [0.1, 0.15) is 26.5 Å². The molecule has 0 unspecified atom stereocenters. The van der Waals surface area contributed by atoms with Crippen molar-refractivity contribution < 1.29 is 4.79 Å². The summed E-state index contributed by atoms with van der Waals surface area (Å²) in [6.45, 7) is 2.30. The van der Waals surface area contributed by atoms with Gasteiger partial charge in [-0.3, -0.25) is 4.79 Å². The van der Waals surface area contributed by atoms with Gasteiger partial charge in [0, 0.05) is 49.2 Å². The number of carbonyl (C=O) groups is 1. The summed E-state index contributed by atoms with van der Waals surface area (Å²) in [5.41, 5.74) is 4.13. The Morgan fingerprint density at radius 3 is 2.96 bits per heavy atom. The topological polar surface area (TPSA) is 57.3 Å². The first-order valence-electron chi connectivity index (χ1n) is 8.90. The van der Waals surface area contributed by atoms with Gasteiger partial charge in [-0.15, -0.1) is 11.3 Å². The van der Waals surface area contributed by atoms with E-state index in [0.29, 0.717) is 16.4 Å². The van der Waals surface area contributed by atoms with Crippen LogP contribution in [0.2, 0.25) is 5.02 Å². The standard InChI is InChI=1S/C20H21ClN4OS/c1-22-17-14-9-13-11-25(2)8-7-16(13)24-20(14)27-18(17)19(26)23-10-12-5-3-4-6-15(12)21/h3-6,9,22H,7-8,10-11H2,1-2H3,(H,23,26). The van der Waals surface area contributed by atoms with Crippen LogP contribution in [0.4, 0.5) is 5.69 Å². The zero-order valence-corrected chi connectivity index (χ0v) is 16.9. The monoisotopic (exact) mass is 400 g/mol. The van der Waals surface area contributed by atoms with Gasteiger partial charge in [0.1, 0.15) is 9.71 Å². The fourth-order valence-corrected chi connectivity index (χ4v) is 4.73. The minimum absolute atomic E-state index is 0.114. The summed E-state index contributed by atoms with van der Waals surface area (Å²) in [5.74, 6) is -0.114. The van der Waals surface area contributed by atoms with Gasteiger partial charge in [0.25, 0.3) is 5.91 Å². The second kappa shape index (κ2) is 7.46. The number of aromatic nitrogens is 1. The Bertz CT molecular complexity index is 1020. The van der Waals surface area contributed by atoms with Crippen LogP contribution >= 0.6 is 22.9 Å². The van der Waals surface area contributed by atoms with E-state index in [0.717, 1.165) is 46.7 Å². The van der Waals surface area contributed by atoms with Gasteiger partial charge in [0.2, 0.25) is 0 Å². The zero-order valence-electron chi connectivity index (χ0n) is 15.3. The summed E-state index contributed by atoms with van der Waals surface area (Å²) in [6, 6.07) is 9.72. The molecule has 1 amide bonds. The second-order valence-electron chi connectivity index (χ2n) is 6.76. The van der Waals surface area contributed by atoms with Crippen LogP contribution in [-0.2, 0) is 19.5 Å². The van der Waals surface area contributed by atoms with E-state index < -0.39 is 0 Å². The van der Waals surface area contributed by atoms with Crippen LogP contribution in [0.5, 0.6) is 0 Å². The number of likely N-dealkylation sites (N-methyl/N-ethyl adjacent to an activating group) is 1. The minimum atomic E-state index is -0.114. The smallest absolute Gasteiger partial charge is 0.263 e. The molecule has 0 aliphatic carbocycles. The Hall–Kier alpha value is -2.15. The van der Waals surface area contributed by atoms with E-state index >= 15 is 0 Å². The Morgan fingerprint density at radius 2 is 2.19 bits per heavy atom. The summed E-state index contributed by atoms with van der Waals surface area (Å²) in [5, 5.41) is 7.84. The maximum Gasteiger partial charge on any atom is 0.263 e. The predicted octanol–water partition coefficient (Wildman–Crippen LogP) is 3.91. The lowest BCUT2D eigenvalue weighted by Gasteiger charge is -2.24. The average molecular weight is 401 g/mol. The molecule has 0 spiro atoms. The van der Waals surface area contributed by atoms with Crippen LogP contribution in [-0.4, -0.2) is 36.4 Å². The molecule has 3 heterocycles. The molecule has 3 aromatic rings. The molecule has 1 aliphatic rings. The molecule has 1 aliphatic heterocycles. The molecule has 27 heavy (non-hydrogen) atoms. The Morgan fingerprint density at radius 1 is 1.37 bits per heavy atom. The lowest BCUT2D eigenvalue weighted by molar-refractivity contribution is 0.0956. The zero-order chi connectivity index (χ0) is 19.0. The Balaban J connectivity index is 1.65. The number of carbonyl (C=O) groups excluding carboxylic acids is 1. The van der Waals surface area contributed by atoms with E-state index in [1.54, 1.807) is 0 Å². The van der Waals surface area contributed by atoms with Gasteiger partial charge in [-0.1, -0.05) is 29.8 Å². The normalized spacial score (nSPS) is 14.2. The van der Waals surface area contributed by atoms with Crippen LogP contribution in [0.15, 0.2) is 30.3 Å². The number of rotatable bonds is 4. The minimum Gasteiger partial charge on any atom is -0.386 e. The molecule has 7 heteroatoms. The molecule has 0 radical (unpaired) electrons. The summed E-state index contributed by atoms with van der Waals surface area (Å²) < 4.78 is 0. The fraction of sp³-hybridized carbons (Fsp3) is 0.300. The number of thiophene rings is 1. The van der Waals surface area contributed by atoms with Crippen molar-refractivity contribution >= 4 is 44.7 Å². The molecule has 0 saturated carbocycles. The van der Waals surface area contributed by atoms with Crippen LogP contribution in [0.3, 0.4) is 0 Å². The van der Waals surface area contributed by atoms with Gasteiger partial charge >= 0.3 is 0 Å². The molecule has 0 saturated heterocycles. The highest BCUT2D eigenvalue weighted by Gasteiger charge is 2.22. The lowest BCUT2D eigenvalue weighted by Crippen LogP contribution is -2.27. The summed E-state index contributed by atoms with van der Waals surface area (Å²) >= 11 is 7.62. The summed E-state index contributed by atoms with van der Waals surface area (Å²) in [4.78, 5) is 21.5. The van der Waals surface area contributed by atoms with Gasteiger partial charge in [0.05, 0.1) is 5.69 Å². The largest absolute Gasteiger partial charge is 0.386 e. The number of amides is 1. The maximum atomic E-state index is 12.8. The molecule has 140 valence electrons. The SMILES string of the molecule is CNc1c(C(=O)NCc2ccccc2Cl)sc2nc3c(cc12)CN(C)CC3. The molecule has 1 aromatic carbocycles. The van der Waals surface area contributed by atoms with Crippen molar-refractivity contribution in [2.75, 3.05) is 26.0 Å². The van der Waals surface area contributed by atoms with Gasteiger partial charge in [0.15, 0.2) is 0 Å². The number of fused-ring (bicyclic) bond motifs is 2. The number of hydrogen-bond donors (Lipinski definition) is 2. The molecule has 2 N–H and O–H groups in total. The van der Waals surface area contributed by atoms with Gasteiger partial charge in [-0.25, -0.2) is 4.98 Å². The number of hydrogen-bond acceptors (Lipinski definition) is 5. The average Bonchev–Trinajstić information content (AvgIpc) is 3.02. The van der Waals surface area contributed by atoms with E-state index in [1.165, 1.54) is 16.9 Å². The molecule has 4 rings (SSSR count). The van der Waals surface area contributed by atoms with Gasteiger partial charge in [-0.2, -0.15) is 0 Å². The highest BCUT2D eigenvalue weighted by atomic mass is 35.5. The summed E-state index contributed by atoms with van der Waals surface area (Å²) in [6.07, 6.45) is 0.947. The highest BCUT2D eigenvalue weighted by molar-refractivity contribution is 7.21. The number of pyridine rings is 1. The van der Waals surface area contributed by atoms with E-state index in [2.05, 4.69) is 28.6 Å². The van der Waals surface area contributed by atoms with Crippen molar-refractivity contribution in [2.45, 2.75) is 19.5 Å². The highest BCUT2D eigenvalue weighted by Crippen LogP contribution is 2.36. The van der Waals surface area contributed by atoms with E-state index in [-0.39, 0.29) is 5.91 Å².